The predicted octanol–water partition coefficient (Wildman–Crippen LogP) is 3.94. The van der Waals surface area contributed by atoms with Crippen LogP contribution in [0.15, 0.2) is 22.7 Å². The summed E-state index contributed by atoms with van der Waals surface area (Å²) in [4.78, 5) is 12.7. The van der Waals surface area contributed by atoms with Gasteiger partial charge >= 0.3 is 0 Å². The lowest BCUT2D eigenvalue weighted by Crippen LogP contribution is -2.09. The van der Waals surface area contributed by atoms with Gasteiger partial charge in [-0.25, -0.2) is 14.6 Å². The Balaban J connectivity index is 1.73. The van der Waals surface area contributed by atoms with E-state index in [0.29, 0.717) is 29.6 Å². The molecule has 0 saturated heterocycles. The van der Waals surface area contributed by atoms with Gasteiger partial charge in [0.05, 0.1) is 42.6 Å². The zero-order chi connectivity index (χ0) is 23.3. The molecule has 4 aromatic heterocycles. The van der Waals surface area contributed by atoms with E-state index in [1.807, 2.05) is 45.9 Å². The van der Waals surface area contributed by atoms with Crippen molar-refractivity contribution in [1.29, 1.82) is 0 Å². The molecular formula is C23H25N7O3. The zero-order valence-corrected chi connectivity index (χ0v) is 19.1. The maximum atomic E-state index is 9.40. The van der Waals surface area contributed by atoms with Crippen molar-refractivity contribution < 1.29 is 14.4 Å². The van der Waals surface area contributed by atoms with E-state index in [1.165, 1.54) is 0 Å². The highest BCUT2D eigenvalue weighted by Crippen LogP contribution is 2.41. The lowest BCUT2D eigenvalue weighted by molar-refractivity contribution is 0.270. The molecule has 0 unspecified atom stereocenters. The van der Waals surface area contributed by atoms with Gasteiger partial charge in [0.25, 0.3) is 0 Å². The molecule has 5 rings (SSSR count). The number of aliphatic hydroxyl groups is 1. The van der Waals surface area contributed by atoms with Crippen molar-refractivity contribution in [1.82, 2.24) is 29.9 Å². The summed E-state index contributed by atoms with van der Waals surface area (Å²) in [5, 5.41) is 23.1. The number of methoxy groups -OCH3 is 1. The Morgan fingerprint density at radius 2 is 1.97 bits per heavy atom. The van der Waals surface area contributed by atoms with Crippen LogP contribution in [0.1, 0.15) is 23.0 Å². The first-order chi connectivity index (χ1) is 15.9. The van der Waals surface area contributed by atoms with E-state index >= 15 is 0 Å². The van der Waals surface area contributed by atoms with Crippen LogP contribution < -0.4 is 10.1 Å². The minimum Gasteiger partial charge on any atom is -0.496 e. The predicted molar refractivity (Wildman–Crippen MR) is 125 cm³/mol. The van der Waals surface area contributed by atoms with Gasteiger partial charge in [-0.05, 0) is 39.8 Å². The number of aromatic amines is 1. The molecule has 0 fully saturated rings. The van der Waals surface area contributed by atoms with Gasteiger partial charge in [0.1, 0.15) is 34.6 Å². The molecule has 0 spiro atoms. The molecule has 0 aliphatic carbocycles. The fraction of sp³-hybridized carbons (Fsp3) is 0.304. The fourth-order valence-electron chi connectivity index (χ4n) is 4.29. The largest absolute Gasteiger partial charge is 0.496 e. The quantitative estimate of drug-likeness (QED) is 0.357. The monoisotopic (exact) mass is 447 g/mol. The van der Waals surface area contributed by atoms with Crippen LogP contribution in [0, 0.1) is 27.7 Å². The number of hydrogen-bond donors (Lipinski definition) is 3. The minimum absolute atomic E-state index is 0.0111. The van der Waals surface area contributed by atoms with Crippen LogP contribution in [0.4, 0.5) is 11.6 Å². The first-order valence-corrected chi connectivity index (χ1v) is 10.6. The fourth-order valence-corrected chi connectivity index (χ4v) is 4.29. The number of hydrogen-bond acceptors (Lipinski definition) is 8. The number of nitrogens with zero attached hydrogens (tertiary/aromatic N) is 5. The minimum atomic E-state index is -0.0111. The second-order valence-corrected chi connectivity index (χ2v) is 8.01. The average molecular weight is 447 g/mol. The van der Waals surface area contributed by atoms with Crippen LogP contribution in [-0.2, 0) is 6.54 Å². The van der Waals surface area contributed by atoms with E-state index in [-0.39, 0.29) is 6.61 Å². The SMILES string of the molecule is COc1cc2c(cc1-c1c(C)noc1C)[nH]c1nc(C)nc(Nc3cc(C)nn3CCO)c12. The van der Waals surface area contributed by atoms with E-state index in [4.69, 9.17) is 9.26 Å². The van der Waals surface area contributed by atoms with Gasteiger partial charge in [0, 0.05) is 22.5 Å². The number of anilines is 2. The molecule has 1 aromatic carbocycles. The Kier molecular flexibility index (Phi) is 5.01. The molecule has 0 atom stereocenters. The number of ether oxygens (including phenoxy) is 1. The normalized spacial score (nSPS) is 11.6. The van der Waals surface area contributed by atoms with E-state index in [1.54, 1.807) is 11.8 Å². The molecule has 10 heteroatoms. The molecule has 0 aliphatic rings. The van der Waals surface area contributed by atoms with Crippen LogP contribution in [0.2, 0.25) is 0 Å². The van der Waals surface area contributed by atoms with Gasteiger partial charge in [0.15, 0.2) is 0 Å². The van der Waals surface area contributed by atoms with Gasteiger partial charge < -0.3 is 24.7 Å². The van der Waals surface area contributed by atoms with E-state index < -0.39 is 0 Å². The molecule has 3 N–H and O–H groups in total. The molecule has 10 nitrogen and oxygen atoms in total. The first-order valence-electron chi connectivity index (χ1n) is 10.6. The van der Waals surface area contributed by atoms with Crippen LogP contribution in [0.3, 0.4) is 0 Å². The van der Waals surface area contributed by atoms with Gasteiger partial charge in [0.2, 0.25) is 0 Å². The summed E-state index contributed by atoms with van der Waals surface area (Å²) >= 11 is 0. The Bertz CT molecular complexity index is 1480. The van der Waals surface area contributed by atoms with Crippen molar-refractivity contribution in [3.63, 3.8) is 0 Å². The summed E-state index contributed by atoms with van der Waals surface area (Å²) in [5.41, 5.74) is 5.05. The smallest absolute Gasteiger partial charge is 0.145 e. The summed E-state index contributed by atoms with van der Waals surface area (Å²) in [7, 11) is 1.65. The molecule has 33 heavy (non-hydrogen) atoms. The highest BCUT2D eigenvalue weighted by Gasteiger charge is 2.21. The van der Waals surface area contributed by atoms with Crippen LogP contribution in [0.25, 0.3) is 33.1 Å². The Morgan fingerprint density at radius 3 is 2.67 bits per heavy atom. The van der Waals surface area contributed by atoms with Crippen molar-refractivity contribution >= 4 is 33.6 Å². The van der Waals surface area contributed by atoms with Crippen LogP contribution >= 0.6 is 0 Å². The molecule has 5 aromatic rings. The molecule has 0 bridgehead atoms. The average Bonchev–Trinajstić information content (AvgIpc) is 3.41. The molecule has 0 radical (unpaired) electrons. The second kappa shape index (κ2) is 7.89. The number of aromatic nitrogens is 6. The molecular weight excluding hydrogens is 422 g/mol. The summed E-state index contributed by atoms with van der Waals surface area (Å²) in [6.45, 7) is 7.93. The number of rotatable bonds is 6. The van der Waals surface area contributed by atoms with Crippen LogP contribution in [-0.4, -0.2) is 48.7 Å². The maximum Gasteiger partial charge on any atom is 0.145 e. The van der Waals surface area contributed by atoms with Crippen molar-refractivity contribution in [3.8, 4) is 16.9 Å². The Hall–Kier alpha value is -3.92. The molecule has 4 heterocycles. The van der Waals surface area contributed by atoms with Gasteiger partial charge in [-0.1, -0.05) is 5.16 Å². The van der Waals surface area contributed by atoms with Crippen molar-refractivity contribution in [3.05, 3.63) is 41.2 Å². The zero-order valence-electron chi connectivity index (χ0n) is 19.1. The van der Waals surface area contributed by atoms with Crippen molar-refractivity contribution in [2.45, 2.75) is 34.2 Å². The second-order valence-electron chi connectivity index (χ2n) is 8.01. The van der Waals surface area contributed by atoms with Gasteiger partial charge in [-0.15, -0.1) is 0 Å². The number of fused-ring (bicyclic) bond motifs is 3. The summed E-state index contributed by atoms with van der Waals surface area (Å²) in [5.74, 6) is 3.45. The Labute approximate surface area is 189 Å². The standard InChI is InChI=1S/C23H25N7O3/c1-11-8-19(30(28-11)6-7-31)27-23-21-15-10-18(32-5)16(20-12(2)29-33-13(20)3)9-17(15)26-22(21)24-14(4)25-23/h8-10,31H,6-7H2,1-5H3,(H2,24,25,26,27). The van der Waals surface area contributed by atoms with E-state index in [9.17, 15) is 5.11 Å². The number of nitrogens with one attached hydrogen (secondary N) is 2. The topological polar surface area (TPSA) is 127 Å². The number of aryl methyl sites for hydroxylation is 4. The van der Waals surface area contributed by atoms with Crippen LogP contribution in [0.5, 0.6) is 5.75 Å². The molecule has 0 aliphatic heterocycles. The maximum absolute atomic E-state index is 9.40. The highest BCUT2D eigenvalue weighted by molar-refractivity contribution is 6.13. The lowest BCUT2D eigenvalue weighted by Gasteiger charge is -2.11. The summed E-state index contributed by atoms with van der Waals surface area (Å²) < 4.78 is 12.9. The Morgan fingerprint density at radius 1 is 1.15 bits per heavy atom. The van der Waals surface area contributed by atoms with Gasteiger partial charge in [-0.2, -0.15) is 5.10 Å². The first kappa shape index (κ1) is 21.0. The molecule has 0 saturated carbocycles. The number of aliphatic hydroxyl groups excluding tert-OH is 1. The third kappa shape index (κ3) is 3.48. The summed E-state index contributed by atoms with van der Waals surface area (Å²) in [6, 6.07) is 5.93. The van der Waals surface area contributed by atoms with Gasteiger partial charge in [-0.3, -0.25) is 0 Å². The van der Waals surface area contributed by atoms with Crippen molar-refractivity contribution in [2.24, 2.45) is 0 Å². The third-order valence-corrected chi connectivity index (χ3v) is 5.65. The van der Waals surface area contributed by atoms with Crippen molar-refractivity contribution in [2.75, 3.05) is 19.0 Å². The lowest BCUT2D eigenvalue weighted by atomic mass is 10.0. The summed E-state index contributed by atoms with van der Waals surface area (Å²) in [6.07, 6.45) is 0. The van der Waals surface area contributed by atoms with E-state index in [0.717, 1.165) is 50.4 Å². The third-order valence-electron chi connectivity index (χ3n) is 5.65. The number of H-pyrrole nitrogens is 1. The molecule has 0 amide bonds. The highest BCUT2D eigenvalue weighted by atomic mass is 16.5. The molecule has 170 valence electrons. The number of benzene rings is 1. The van der Waals surface area contributed by atoms with E-state index in [2.05, 4.69) is 30.5 Å².